The molecule has 0 bridgehead atoms. The third-order valence-corrected chi connectivity index (χ3v) is 4.65. The van der Waals surface area contributed by atoms with Gasteiger partial charge in [0, 0.05) is 28.8 Å². The second kappa shape index (κ2) is 5.57. The smallest absolute Gasteiger partial charge is 0.0798 e. The van der Waals surface area contributed by atoms with Crippen molar-refractivity contribution in [1.29, 1.82) is 0 Å². The Morgan fingerprint density at radius 2 is 2.31 bits per heavy atom. The summed E-state index contributed by atoms with van der Waals surface area (Å²) < 4.78 is 0. The standard InChI is InChI=1S/C12H16N2S2/c1-9(11-4-3-5-15-11)6-13-7-12-10(2)14-8-16-12/h3-5,8-9,13H,6-7H2,1-2H3. The van der Waals surface area contributed by atoms with Gasteiger partial charge in [0.25, 0.3) is 0 Å². The van der Waals surface area contributed by atoms with Gasteiger partial charge in [-0.1, -0.05) is 13.0 Å². The van der Waals surface area contributed by atoms with E-state index in [0.29, 0.717) is 5.92 Å². The zero-order valence-electron chi connectivity index (χ0n) is 9.56. The van der Waals surface area contributed by atoms with Gasteiger partial charge < -0.3 is 5.32 Å². The SMILES string of the molecule is Cc1ncsc1CNCC(C)c1cccs1. The van der Waals surface area contributed by atoms with Crippen LogP contribution in [0.2, 0.25) is 0 Å². The van der Waals surface area contributed by atoms with Crippen molar-refractivity contribution < 1.29 is 0 Å². The molecule has 0 spiro atoms. The molecule has 1 unspecified atom stereocenters. The van der Waals surface area contributed by atoms with Gasteiger partial charge in [0.1, 0.15) is 0 Å². The fourth-order valence-electron chi connectivity index (χ4n) is 1.57. The van der Waals surface area contributed by atoms with Crippen molar-refractivity contribution in [3.05, 3.63) is 38.5 Å². The van der Waals surface area contributed by atoms with Crippen LogP contribution in [-0.2, 0) is 6.54 Å². The topological polar surface area (TPSA) is 24.9 Å². The summed E-state index contributed by atoms with van der Waals surface area (Å²) in [6.45, 7) is 6.29. The van der Waals surface area contributed by atoms with Crippen LogP contribution in [0.15, 0.2) is 23.0 Å². The van der Waals surface area contributed by atoms with Crippen LogP contribution >= 0.6 is 22.7 Å². The summed E-state index contributed by atoms with van der Waals surface area (Å²) in [4.78, 5) is 7.04. The van der Waals surface area contributed by atoms with E-state index in [9.17, 15) is 0 Å². The molecule has 2 heterocycles. The molecule has 0 fully saturated rings. The molecule has 0 saturated heterocycles. The molecule has 2 aromatic rings. The number of aromatic nitrogens is 1. The zero-order chi connectivity index (χ0) is 11.4. The second-order valence-electron chi connectivity index (χ2n) is 3.91. The van der Waals surface area contributed by atoms with Gasteiger partial charge in [-0.15, -0.1) is 22.7 Å². The number of hydrogen-bond acceptors (Lipinski definition) is 4. The minimum atomic E-state index is 0.591. The molecule has 2 rings (SSSR count). The fourth-order valence-corrected chi connectivity index (χ4v) is 3.10. The third kappa shape index (κ3) is 2.90. The summed E-state index contributed by atoms with van der Waals surface area (Å²) in [6.07, 6.45) is 0. The molecule has 2 aromatic heterocycles. The van der Waals surface area contributed by atoms with Crippen molar-refractivity contribution in [2.45, 2.75) is 26.3 Å². The first-order valence-electron chi connectivity index (χ1n) is 5.40. The predicted molar refractivity (Wildman–Crippen MR) is 71.3 cm³/mol. The lowest BCUT2D eigenvalue weighted by Gasteiger charge is -2.10. The predicted octanol–water partition coefficient (Wildman–Crippen LogP) is 3.41. The maximum Gasteiger partial charge on any atom is 0.0798 e. The van der Waals surface area contributed by atoms with Crippen LogP contribution in [-0.4, -0.2) is 11.5 Å². The van der Waals surface area contributed by atoms with E-state index in [1.54, 1.807) is 11.3 Å². The normalized spacial score (nSPS) is 12.9. The van der Waals surface area contributed by atoms with Crippen molar-refractivity contribution in [3.63, 3.8) is 0 Å². The van der Waals surface area contributed by atoms with Gasteiger partial charge >= 0.3 is 0 Å². The first-order chi connectivity index (χ1) is 7.77. The Hall–Kier alpha value is -0.710. The Bertz CT molecular complexity index is 420. The highest BCUT2D eigenvalue weighted by molar-refractivity contribution is 7.10. The maximum atomic E-state index is 4.24. The van der Waals surface area contributed by atoms with Gasteiger partial charge in [-0.3, -0.25) is 0 Å². The summed E-state index contributed by atoms with van der Waals surface area (Å²) in [6, 6.07) is 4.32. The van der Waals surface area contributed by atoms with Gasteiger partial charge in [-0.05, 0) is 18.4 Å². The molecule has 1 atom stereocenters. The highest BCUT2D eigenvalue weighted by atomic mass is 32.1. The number of thiophene rings is 1. The minimum absolute atomic E-state index is 0.591. The Balaban J connectivity index is 1.78. The number of aryl methyl sites for hydroxylation is 1. The molecule has 86 valence electrons. The molecule has 0 aromatic carbocycles. The Labute approximate surface area is 104 Å². The van der Waals surface area contributed by atoms with Crippen LogP contribution in [0.3, 0.4) is 0 Å². The average Bonchev–Trinajstić information content (AvgIpc) is 2.90. The molecular formula is C12H16N2S2. The molecule has 0 aliphatic carbocycles. The van der Waals surface area contributed by atoms with E-state index >= 15 is 0 Å². The van der Waals surface area contributed by atoms with E-state index in [2.05, 4.69) is 41.7 Å². The molecule has 0 radical (unpaired) electrons. The lowest BCUT2D eigenvalue weighted by molar-refractivity contribution is 0.623. The van der Waals surface area contributed by atoms with Crippen LogP contribution in [0, 0.1) is 6.92 Å². The Morgan fingerprint density at radius 3 is 2.94 bits per heavy atom. The summed E-state index contributed by atoms with van der Waals surface area (Å²) >= 11 is 3.56. The summed E-state index contributed by atoms with van der Waals surface area (Å²) in [5.74, 6) is 0.591. The molecule has 0 aliphatic heterocycles. The summed E-state index contributed by atoms with van der Waals surface area (Å²) in [5, 5.41) is 5.63. The van der Waals surface area contributed by atoms with E-state index < -0.39 is 0 Å². The molecule has 2 nitrogen and oxygen atoms in total. The molecular weight excluding hydrogens is 236 g/mol. The number of nitrogens with one attached hydrogen (secondary N) is 1. The number of thiazole rings is 1. The quantitative estimate of drug-likeness (QED) is 0.882. The van der Waals surface area contributed by atoms with E-state index in [4.69, 9.17) is 0 Å². The summed E-state index contributed by atoms with van der Waals surface area (Å²) in [7, 11) is 0. The number of hydrogen-bond donors (Lipinski definition) is 1. The van der Waals surface area contributed by atoms with E-state index in [0.717, 1.165) is 18.8 Å². The van der Waals surface area contributed by atoms with Crippen molar-refractivity contribution in [1.82, 2.24) is 10.3 Å². The first kappa shape index (κ1) is 11.8. The van der Waals surface area contributed by atoms with Crippen molar-refractivity contribution in [2.75, 3.05) is 6.54 Å². The van der Waals surface area contributed by atoms with Crippen LogP contribution in [0.1, 0.15) is 28.3 Å². The minimum Gasteiger partial charge on any atom is -0.311 e. The van der Waals surface area contributed by atoms with Crippen LogP contribution in [0.25, 0.3) is 0 Å². The molecule has 16 heavy (non-hydrogen) atoms. The number of rotatable bonds is 5. The fraction of sp³-hybridized carbons (Fsp3) is 0.417. The average molecular weight is 252 g/mol. The molecule has 4 heteroatoms. The Kier molecular flexibility index (Phi) is 4.09. The largest absolute Gasteiger partial charge is 0.311 e. The van der Waals surface area contributed by atoms with Gasteiger partial charge in [-0.25, -0.2) is 4.98 Å². The van der Waals surface area contributed by atoms with Crippen LogP contribution < -0.4 is 5.32 Å². The van der Waals surface area contributed by atoms with Gasteiger partial charge in [0.05, 0.1) is 11.2 Å². The maximum absolute atomic E-state index is 4.24. The number of nitrogens with zero attached hydrogens (tertiary/aromatic N) is 1. The molecule has 0 aliphatic rings. The first-order valence-corrected chi connectivity index (χ1v) is 7.16. The van der Waals surface area contributed by atoms with Crippen molar-refractivity contribution in [3.8, 4) is 0 Å². The van der Waals surface area contributed by atoms with Gasteiger partial charge in [0.15, 0.2) is 0 Å². The van der Waals surface area contributed by atoms with E-state index in [-0.39, 0.29) is 0 Å². The monoisotopic (exact) mass is 252 g/mol. The van der Waals surface area contributed by atoms with Gasteiger partial charge in [0.2, 0.25) is 0 Å². The molecule has 0 saturated carbocycles. The van der Waals surface area contributed by atoms with E-state index in [1.165, 1.54) is 9.75 Å². The highest BCUT2D eigenvalue weighted by Crippen LogP contribution is 2.20. The van der Waals surface area contributed by atoms with Crippen LogP contribution in [0.5, 0.6) is 0 Å². The van der Waals surface area contributed by atoms with Gasteiger partial charge in [-0.2, -0.15) is 0 Å². The van der Waals surface area contributed by atoms with Crippen LogP contribution in [0.4, 0.5) is 0 Å². The Morgan fingerprint density at radius 1 is 1.44 bits per heavy atom. The van der Waals surface area contributed by atoms with Crippen molar-refractivity contribution >= 4 is 22.7 Å². The summed E-state index contributed by atoms with van der Waals surface area (Å²) in [5.41, 5.74) is 3.07. The molecule has 0 amide bonds. The van der Waals surface area contributed by atoms with E-state index in [1.807, 2.05) is 16.8 Å². The lowest BCUT2D eigenvalue weighted by Crippen LogP contribution is -2.19. The highest BCUT2D eigenvalue weighted by Gasteiger charge is 2.06. The zero-order valence-corrected chi connectivity index (χ0v) is 11.2. The second-order valence-corrected chi connectivity index (χ2v) is 5.83. The molecule has 1 N–H and O–H groups in total. The third-order valence-electron chi connectivity index (χ3n) is 2.61. The van der Waals surface area contributed by atoms with Crippen molar-refractivity contribution in [2.24, 2.45) is 0 Å². The lowest BCUT2D eigenvalue weighted by atomic mass is 10.1.